The Labute approximate surface area is 107 Å². The van der Waals surface area contributed by atoms with E-state index in [1.165, 1.54) is 0 Å². The maximum atomic E-state index is 11.5. The minimum Gasteiger partial charge on any atom is -0.365 e. The van der Waals surface area contributed by atoms with E-state index < -0.39 is 5.91 Å². The predicted octanol–water partition coefficient (Wildman–Crippen LogP) is 1.09. The van der Waals surface area contributed by atoms with Crippen LogP contribution in [-0.4, -0.2) is 23.0 Å². The second-order valence-corrected chi connectivity index (χ2v) is 5.01. The summed E-state index contributed by atoms with van der Waals surface area (Å²) in [5, 5.41) is 3.29. The van der Waals surface area contributed by atoms with Gasteiger partial charge < -0.3 is 16.8 Å². The van der Waals surface area contributed by atoms with E-state index in [2.05, 4.69) is 10.3 Å². The minimum atomic E-state index is -0.450. The van der Waals surface area contributed by atoms with Crippen LogP contribution in [0.2, 0.25) is 0 Å². The highest BCUT2D eigenvalue weighted by Gasteiger charge is 2.26. The molecule has 2 atom stereocenters. The van der Waals surface area contributed by atoms with Crippen LogP contribution in [0.3, 0.4) is 0 Å². The van der Waals surface area contributed by atoms with Crippen LogP contribution in [-0.2, 0) is 0 Å². The van der Waals surface area contributed by atoms with Crippen LogP contribution in [0, 0.1) is 13.8 Å². The first-order valence-electron chi connectivity index (χ1n) is 6.29. The van der Waals surface area contributed by atoms with E-state index in [0.29, 0.717) is 11.4 Å². The summed E-state index contributed by atoms with van der Waals surface area (Å²) in [6.07, 6.45) is 3.12. The van der Waals surface area contributed by atoms with Crippen LogP contribution in [0.4, 0.5) is 5.82 Å². The number of hydrogen-bond donors (Lipinski definition) is 3. The van der Waals surface area contributed by atoms with Gasteiger partial charge in [-0.2, -0.15) is 0 Å². The van der Waals surface area contributed by atoms with E-state index in [9.17, 15) is 4.79 Å². The summed E-state index contributed by atoms with van der Waals surface area (Å²) < 4.78 is 0. The van der Waals surface area contributed by atoms with Crippen LogP contribution >= 0.6 is 0 Å². The molecule has 0 spiro atoms. The van der Waals surface area contributed by atoms with Crippen LogP contribution in [0.25, 0.3) is 0 Å². The smallest absolute Gasteiger partial charge is 0.252 e. The van der Waals surface area contributed by atoms with Crippen LogP contribution in [0.5, 0.6) is 0 Å². The van der Waals surface area contributed by atoms with Gasteiger partial charge in [-0.15, -0.1) is 0 Å². The molecule has 1 fully saturated rings. The Bertz CT molecular complexity index is 472. The highest BCUT2D eigenvalue weighted by atomic mass is 16.1. The Balaban J connectivity index is 2.33. The van der Waals surface area contributed by atoms with Crippen molar-refractivity contribution in [3.05, 3.63) is 22.9 Å². The number of pyridine rings is 1. The van der Waals surface area contributed by atoms with Gasteiger partial charge in [0.05, 0.1) is 5.56 Å². The van der Waals surface area contributed by atoms with Crippen molar-refractivity contribution in [3.8, 4) is 0 Å². The third kappa shape index (κ3) is 2.46. The Morgan fingerprint density at radius 2 is 2.17 bits per heavy atom. The Morgan fingerprint density at radius 3 is 2.72 bits per heavy atom. The number of rotatable bonds is 3. The number of amides is 1. The first-order valence-corrected chi connectivity index (χ1v) is 6.29. The van der Waals surface area contributed by atoms with Gasteiger partial charge in [0.1, 0.15) is 5.82 Å². The number of nitrogens with zero attached hydrogens (tertiary/aromatic N) is 1. The fourth-order valence-corrected chi connectivity index (χ4v) is 2.60. The van der Waals surface area contributed by atoms with Crippen LogP contribution in [0.15, 0.2) is 6.07 Å². The molecule has 1 aromatic heterocycles. The van der Waals surface area contributed by atoms with Crippen molar-refractivity contribution < 1.29 is 4.79 Å². The van der Waals surface area contributed by atoms with E-state index in [1.54, 1.807) is 0 Å². The van der Waals surface area contributed by atoms with Gasteiger partial charge in [-0.3, -0.25) is 4.79 Å². The number of primary amides is 1. The van der Waals surface area contributed by atoms with E-state index >= 15 is 0 Å². The average Bonchev–Trinajstić information content (AvgIpc) is 2.62. The molecule has 5 N–H and O–H groups in total. The van der Waals surface area contributed by atoms with E-state index in [1.807, 2.05) is 19.9 Å². The highest BCUT2D eigenvalue weighted by Crippen LogP contribution is 2.24. The number of aryl methyl sites for hydroxylation is 2. The Morgan fingerprint density at radius 1 is 1.44 bits per heavy atom. The number of anilines is 1. The topological polar surface area (TPSA) is 94.0 Å². The van der Waals surface area contributed by atoms with Gasteiger partial charge in [0.2, 0.25) is 0 Å². The molecule has 0 aliphatic heterocycles. The summed E-state index contributed by atoms with van der Waals surface area (Å²) in [5.41, 5.74) is 13.6. The summed E-state index contributed by atoms with van der Waals surface area (Å²) >= 11 is 0. The van der Waals surface area contributed by atoms with Crippen molar-refractivity contribution in [1.29, 1.82) is 0 Å². The van der Waals surface area contributed by atoms with Crippen molar-refractivity contribution in [2.75, 3.05) is 5.32 Å². The zero-order valence-electron chi connectivity index (χ0n) is 10.9. The number of carbonyl (C=O) groups is 1. The molecule has 18 heavy (non-hydrogen) atoms. The lowest BCUT2D eigenvalue weighted by Gasteiger charge is -2.20. The normalized spacial score (nSPS) is 23.1. The standard InChI is InChI=1S/C13H20N4O/c1-7-6-8(2)16-13(11(7)12(15)18)17-10-5-3-4-9(10)14/h6,9-10H,3-5,14H2,1-2H3,(H2,15,18)(H,16,17). The molecule has 0 bridgehead atoms. The molecule has 1 aromatic rings. The summed E-state index contributed by atoms with van der Waals surface area (Å²) in [7, 11) is 0. The van der Waals surface area contributed by atoms with E-state index in [0.717, 1.165) is 30.5 Å². The minimum absolute atomic E-state index is 0.119. The number of carbonyl (C=O) groups excluding carboxylic acids is 1. The van der Waals surface area contributed by atoms with Crippen molar-refractivity contribution in [2.45, 2.75) is 45.2 Å². The summed E-state index contributed by atoms with van der Waals surface area (Å²) in [6, 6.07) is 2.16. The Kier molecular flexibility index (Phi) is 3.52. The molecule has 0 radical (unpaired) electrons. The molecular formula is C13H20N4O. The first-order chi connectivity index (χ1) is 8.49. The molecule has 1 saturated carbocycles. The van der Waals surface area contributed by atoms with E-state index in [4.69, 9.17) is 11.5 Å². The molecular weight excluding hydrogens is 228 g/mol. The Hall–Kier alpha value is -1.62. The maximum Gasteiger partial charge on any atom is 0.252 e. The number of nitrogens with one attached hydrogen (secondary N) is 1. The van der Waals surface area contributed by atoms with Crippen LogP contribution < -0.4 is 16.8 Å². The molecule has 1 heterocycles. The second-order valence-electron chi connectivity index (χ2n) is 5.01. The second kappa shape index (κ2) is 4.94. The third-order valence-electron chi connectivity index (χ3n) is 3.48. The lowest BCUT2D eigenvalue weighted by molar-refractivity contribution is 0.1000. The fraction of sp³-hybridized carbons (Fsp3) is 0.538. The van der Waals surface area contributed by atoms with Gasteiger partial charge in [0, 0.05) is 17.8 Å². The molecule has 0 aromatic carbocycles. The number of hydrogen-bond acceptors (Lipinski definition) is 4. The van der Waals surface area contributed by atoms with Gasteiger partial charge >= 0.3 is 0 Å². The summed E-state index contributed by atoms with van der Waals surface area (Å²) in [4.78, 5) is 15.9. The first kappa shape index (κ1) is 12.8. The molecule has 0 saturated heterocycles. The quantitative estimate of drug-likeness (QED) is 0.746. The van der Waals surface area contributed by atoms with E-state index in [-0.39, 0.29) is 12.1 Å². The molecule has 5 nitrogen and oxygen atoms in total. The monoisotopic (exact) mass is 248 g/mol. The fourth-order valence-electron chi connectivity index (χ4n) is 2.60. The predicted molar refractivity (Wildman–Crippen MR) is 71.5 cm³/mol. The molecule has 2 rings (SSSR count). The number of nitrogens with two attached hydrogens (primary N) is 2. The summed E-state index contributed by atoms with van der Waals surface area (Å²) in [6.45, 7) is 3.77. The molecule has 1 aliphatic carbocycles. The molecule has 2 unspecified atom stereocenters. The van der Waals surface area contributed by atoms with Gasteiger partial charge in [-0.25, -0.2) is 4.98 Å². The SMILES string of the molecule is Cc1cc(C)c(C(N)=O)c(NC2CCCC2N)n1. The lowest BCUT2D eigenvalue weighted by Crippen LogP contribution is -2.36. The van der Waals surface area contributed by atoms with Gasteiger partial charge in [0.15, 0.2) is 0 Å². The molecule has 98 valence electrons. The van der Waals surface area contributed by atoms with Crippen molar-refractivity contribution in [2.24, 2.45) is 11.5 Å². The van der Waals surface area contributed by atoms with Crippen molar-refractivity contribution in [1.82, 2.24) is 4.98 Å². The largest absolute Gasteiger partial charge is 0.365 e. The summed E-state index contributed by atoms with van der Waals surface area (Å²) in [5.74, 6) is 0.122. The number of aromatic nitrogens is 1. The van der Waals surface area contributed by atoms with Gasteiger partial charge in [-0.05, 0) is 44.7 Å². The van der Waals surface area contributed by atoms with Crippen LogP contribution in [0.1, 0.15) is 40.9 Å². The zero-order chi connectivity index (χ0) is 13.3. The molecule has 1 amide bonds. The lowest BCUT2D eigenvalue weighted by atomic mass is 10.1. The van der Waals surface area contributed by atoms with Gasteiger partial charge in [-0.1, -0.05) is 0 Å². The highest BCUT2D eigenvalue weighted by molar-refractivity contribution is 5.99. The maximum absolute atomic E-state index is 11.5. The molecule has 1 aliphatic rings. The zero-order valence-corrected chi connectivity index (χ0v) is 10.9. The van der Waals surface area contributed by atoms with Gasteiger partial charge in [0.25, 0.3) is 5.91 Å². The molecule has 5 heteroatoms. The third-order valence-corrected chi connectivity index (χ3v) is 3.48. The van der Waals surface area contributed by atoms with Crippen molar-refractivity contribution >= 4 is 11.7 Å². The average molecular weight is 248 g/mol. The van der Waals surface area contributed by atoms with Crippen molar-refractivity contribution in [3.63, 3.8) is 0 Å².